The van der Waals surface area contributed by atoms with Crippen LogP contribution >= 0.6 is 0 Å². The number of halogens is 2. The molecule has 0 heterocycles. The van der Waals surface area contributed by atoms with E-state index >= 15 is 0 Å². The van der Waals surface area contributed by atoms with Crippen LogP contribution in [0.4, 0.5) is 8.78 Å². The molecule has 5 nitrogen and oxygen atoms in total. The van der Waals surface area contributed by atoms with Gasteiger partial charge in [-0.1, -0.05) is 12.1 Å². The maximum Gasteiger partial charge on any atom is 0.251 e. The first kappa shape index (κ1) is 22.3. The van der Waals surface area contributed by atoms with Crippen LogP contribution in [0.3, 0.4) is 0 Å². The highest BCUT2D eigenvalue weighted by molar-refractivity contribution is 5.94. The molecule has 0 aliphatic heterocycles. The molecule has 0 radical (unpaired) electrons. The van der Waals surface area contributed by atoms with Gasteiger partial charge in [-0.2, -0.15) is 0 Å². The van der Waals surface area contributed by atoms with Gasteiger partial charge in [0.1, 0.15) is 11.6 Å². The van der Waals surface area contributed by atoms with E-state index in [4.69, 9.17) is 0 Å². The lowest BCUT2D eigenvalue weighted by atomic mass is 10.1. The zero-order valence-electron chi connectivity index (χ0n) is 17.3. The van der Waals surface area contributed by atoms with Crippen molar-refractivity contribution >= 4 is 11.9 Å². The van der Waals surface area contributed by atoms with Crippen LogP contribution in [0.1, 0.15) is 49.2 Å². The normalized spacial score (nSPS) is 11.9. The van der Waals surface area contributed by atoms with Crippen LogP contribution in [0.15, 0.2) is 47.5 Å². The van der Waals surface area contributed by atoms with E-state index in [1.54, 1.807) is 12.1 Å². The Balaban J connectivity index is 2.07. The van der Waals surface area contributed by atoms with E-state index < -0.39 is 11.6 Å². The zero-order chi connectivity index (χ0) is 21.4. The second-order valence-electron chi connectivity index (χ2n) is 7.69. The van der Waals surface area contributed by atoms with Crippen LogP contribution in [-0.2, 0) is 13.1 Å². The molecule has 0 fully saturated rings. The van der Waals surface area contributed by atoms with Crippen molar-refractivity contribution in [2.75, 3.05) is 6.54 Å². The van der Waals surface area contributed by atoms with Crippen LogP contribution in [0.5, 0.6) is 0 Å². The maximum atomic E-state index is 13.8. The highest BCUT2D eigenvalue weighted by atomic mass is 19.1. The molecule has 0 aliphatic carbocycles. The summed E-state index contributed by atoms with van der Waals surface area (Å²) >= 11 is 0. The second kappa shape index (κ2) is 10.0. The Morgan fingerprint density at radius 2 is 1.83 bits per heavy atom. The molecule has 2 aromatic rings. The lowest BCUT2D eigenvalue weighted by Gasteiger charge is -2.20. The number of guanidine groups is 1. The maximum absolute atomic E-state index is 13.8. The lowest BCUT2D eigenvalue weighted by Crippen LogP contribution is -2.40. The van der Waals surface area contributed by atoms with Crippen LogP contribution in [0, 0.1) is 11.6 Å². The van der Waals surface area contributed by atoms with Gasteiger partial charge in [0.05, 0.1) is 6.54 Å². The molecular formula is C22H28F2N4O. The number of hydrogen-bond donors (Lipinski definition) is 3. The summed E-state index contributed by atoms with van der Waals surface area (Å²) < 4.78 is 27.1. The van der Waals surface area contributed by atoms with Crippen molar-refractivity contribution in [1.29, 1.82) is 0 Å². The SMILES string of the molecule is CCNC(=NCc1cccc(C(=O)NC(C)(C)C)c1)NCc1cc(F)ccc1F. The Hall–Kier alpha value is -2.96. The second-order valence-corrected chi connectivity index (χ2v) is 7.69. The predicted octanol–water partition coefficient (Wildman–Crippen LogP) is 3.75. The third kappa shape index (κ3) is 7.52. The van der Waals surface area contributed by atoms with Crippen molar-refractivity contribution in [3.8, 4) is 0 Å². The summed E-state index contributed by atoms with van der Waals surface area (Å²) in [6.45, 7) is 8.74. The minimum absolute atomic E-state index is 0.101. The molecule has 0 spiro atoms. The van der Waals surface area contributed by atoms with E-state index in [-0.39, 0.29) is 23.6 Å². The number of carbonyl (C=O) groups is 1. The molecular weight excluding hydrogens is 374 g/mol. The van der Waals surface area contributed by atoms with Gasteiger partial charge in [-0.05, 0) is 63.6 Å². The Kier molecular flexibility index (Phi) is 7.70. The average molecular weight is 402 g/mol. The fourth-order valence-electron chi connectivity index (χ4n) is 2.59. The molecule has 156 valence electrons. The molecule has 3 N–H and O–H groups in total. The van der Waals surface area contributed by atoms with E-state index in [2.05, 4.69) is 20.9 Å². The molecule has 29 heavy (non-hydrogen) atoms. The lowest BCUT2D eigenvalue weighted by molar-refractivity contribution is 0.0919. The first-order valence-corrected chi connectivity index (χ1v) is 9.55. The van der Waals surface area contributed by atoms with Crippen molar-refractivity contribution in [3.05, 3.63) is 70.8 Å². The molecule has 0 aromatic heterocycles. The smallest absolute Gasteiger partial charge is 0.251 e. The first-order chi connectivity index (χ1) is 13.7. The number of amides is 1. The highest BCUT2D eigenvalue weighted by Crippen LogP contribution is 2.10. The quantitative estimate of drug-likeness (QED) is 0.509. The van der Waals surface area contributed by atoms with Gasteiger partial charge in [0.15, 0.2) is 5.96 Å². The number of hydrogen-bond acceptors (Lipinski definition) is 2. The zero-order valence-corrected chi connectivity index (χ0v) is 17.3. The standard InChI is InChI=1S/C22H28F2N4O/c1-5-25-21(27-14-17-12-18(23)9-10-19(17)24)26-13-15-7-6-8-16(11-15)20(29)28-22(2,3)4/h6-12H,5,13-14H2,1-4H3,(H,28,29)(H2,25,26,27). The molecule has 0 unspecified atom stereocenters. The summed E-state index contributed by atoms with van der Waals surface area (Å²) in [5.41, 5.74) is 1.32. The molecule has 0 saturated heterocycles. The van der Waals surface area contributed by atoms with E-state index in [0.717, 1.165) is 23.8 Å². The fraction of sp³-hybridized carbons (Fsp3) is 0.364. The Morgan fingerprint density at radius 3 is 2.52 bits per heavy atom. The van der Waals surface area contributed by atoms with Crippen molar-refractivity contribution < 1.29 is 13.6 Å². The van der Waals surface area contributed by atoms with Gasteiger partial charge in [-0.15, -0.1) is 0 Å². The summed E-state index contributed by atoms with van der Waals surface area (Å²) in [5.74, 6) is -0.640. The number of rotatable bonds is 6. The summed E-state index contributed by atoms with van der Waals surface area (Å²) in [4.78, 5) is 16.8. The monoisotopic (exact) mass is 402 g/mol. The topological polar surface area (TPSA) is 65.5 Å². The molecule has 0 bridgehead atoms. The minimum Gasteiger partial charge on any atom is -0.357 e. The van der Waals surface area contributed by atoms with E-state index in [9.17, 15) is 13.6 Å². The van der Waals surface area contributed by atoms with Crippen molar-refractivity contribution in [2.45, 2.75) is 46.3 Å². The van der Waals surface area contributed by atoms with Crippen LogP contribution < -0.4 is 16.0 Å². The van der Waals surface area contributed by atoms with Gasteiger partial charge < -0.3 is 16.0 Å². The van der Waals surface area contributed by atoms with Gasteiger partial charge in [0.2, 0.25) is 0 Å². The van der Waals surface area contributed by atoms with Crippen molar-refractivity contribution in [2.24, 2.45) is 4.99 Å². The molecule has 7 heteroatoms. The number of benzene rings is 2. The first-order valence-electron chi connectivity index (χ1n) is 9.55. The Labute approximate surface area is 170 Å². The van der Waals surface area contributed by atoms with Crippen molar-refractivity contribution in [3.63, 3.8) is 0 Å². The molecule has 0 saturated carbocycles. The summed E-state index contributed by atoms with van der Waals surface area (Å²) in [7, 11) is 0. The van der Waals surface area contributed by atoms with E-state index in [1.165, 1.54) is 0 Å². The van der Waals surface area contributed by atoms with Crippen LogP contribution in [-0.4, -0.2) is 24.0 Å². The molecule has 2 aromatic carbocycles. The van der Waals surface area contributed by atoms with E-state index in [1.807, 2.05) is 39.8 Å². The number of carbonyl (C=O) groups excluding carboxylic acids is 1. The minimum atomic E-state index is -0.490. The van der Waals surface area contributed by atoms with Gasteiger partial charge >= 0.3 is 0 Å². The third-order valence-corrected chi connectivity index (χ3v) is 3.90. The number of nitrogens with zero attached hydrogens (tertiary/aromatic N) is 1. The Morgan fingerprint density at radius 1 is 1.07 bits per heavy atom. The summed E-state index contributed by atoms with van der Waals surface area (Å²) in [5, 5.41) is 9.00. The van der Waals surface area contributed by atoms with E-state index in [0.29, 0.717) is 24.6 Å². The number of nitrogens with one attached hydrogen (secondary N) is 3. The average Bonchev–Trinajstić information content (AvgIpc) is 2.65. The predicted molar refractivity (Wildman–Crippen MR) is 112 cm³/mol. The Bertz CT molecular complexity index is 875. The van der Waals surface area contributed by atoms with Gasteiger partial charge in [0, 0.05) is 29.8 Å². The van der Waals surface area contributed by atoms with Gasteiger partial charge in [-0.3, -0.25) is 4.79 Å². The largest absolute Gasteiger partial charge is 0.357 e. The molecule has 0 aliphatic rings. The summed E-state index contributed by atoms with van der Waals surface area (Å²) in [6.07, 6.45) is 0. The summed E-state index contributed by atoms with van der Waals surface area (Å²) in [6, 6.07) is 10.6. The van der Waals surface area contributed by atoms with Crippen LogP contribution in [0.25, 0.3) is 0 Å². The molecule has 1 amide bonds. The van der Waals surface area contributed by atoms with Gasteiger partial charge in [0.25, 0.3) is 5.91 Å². The fourth-order valence-corrected chi connectivity index (χ4v) is 2.59. The third-order valence-electron chi connectivity index (χ3n) is 3.90. The van der Waals surface area contributed by atoms with Gasteiger partial charge in [-0.25, -0.2) is 13.8 Å². The van der Waals surface area contributed by atoms with Crippen molar-refractivity contribution in [1.82, 2.24) is 16.0 Å². The molecule has 0 atom stereocenters. The van der Waals surface area contributed by atoms with Crippen LogP contribution in [0.2, 0.25) is 0 Å². The highest BCUT2D eigenvalue weighted by Gasteiger charge is 2.15. The number of aliphatic imine (C=N–C) groups is 1. The molecule has 2 rings (SSSR count).